The largest absolute Gasteiger partial charge is 0.357 e. The molecule has 1 amide bonds. The van der Waals surface area contributed by atoms with E-state index in [1.165, 1.54) is 19.1 Å². The molecule has 5 nitrogen and oxygen atoms in total. The lowest BCUT2D eigenvalue weighted by Gasteiger charge is -2.25. The number of amides is 1. The van der Waals surface area contributed by atoms with E-state index in [0.717, 1.165) is 21.2 Å². The average molecular weight is 361 g/mol. The molecule has 1 aromatic carbocycles. The molecule has 1 aromatic rings. The predicted molar refractivity (Wildman–Crippen MR) is 94.0 cm³/mol. The quantitative estimate of drug-likeness (QED) is 0.608. The molecule has 0 spiro atoms. The first-order valence-electron chi connectivity index (χ1n) is 6.83. The van der Waals surface area contributed by atoms with Crippen molar-refractivity contribution in [3.8, 4) is 0 Å². The molecule has 0 saturated carbocycles. The predicted octanol–water partition coefficient (Wildman–Crippen LogP) is 2.81. The molecular weight excluding hydrogens is 340 g/mol. The molecule has 0 bridgehead atoms. The highest BCUT2D eigenvalue weighted by Gasteiger charge is 2.30. The van der Waals surface area contributed by atoms with Gasteiger partial charge in [0.25, 0.3) is 10.0 Å². The number of carbonyl (C=O) groups excluding carboxylic acids is 1. The van der Waals surface area contributed by atoms with E-state index in [1.54, 1.807) is 12.1 Å². The van der Waals surface area contributed by atoms with E-state index >= 15 is 0 Å². The number of hydrogen-bond acceptors (Lipinski definition) is 5. The lowest BCUT2D eigenvalue weighted by atomic mass is 10.2. The van der Waals surface area contributed by atoms with Crippen LogP contribution in [-0.2, 0) is 14.8 Å². The van der Waals surface area contributed by atoms with Crippen molar-refractivity contribution < 1.29 is 13.2 Å². The summed E-state index contributed by atoms with van der Waals surface area (Å²) in [5.41, 5.74) is 0.944. The van der Waals surface area contributed by atoms with Gasteiger partial charge in [0, 0.05) is 32.0 Å². The third-order valence-corrected chi connectivity index (χ3v) is 6.67. The second-order valence-electron chi connectivity index (χ2n) is 4.59. The molecule has 1 rings (SSSR count). The number of carbonyl (C=O) groups is 1. The second kappa shape index (κ2) is 7.94. The van der Waals surface area contributed by atoms with E-state index in [2.05, 4.69) is 0 Å². The first-order valence-corrected chi connectivity index (χ1v) is 9.45. The summed E-state index contributed by atoms with van der Waals surface area (Å²) in [5.74, 6) is -0.583. The Morgan fingerprint density at radius 3 is 2.09 bits per heavy atom. The van der Waals surface area contributed by atoms with Crippen LogP contribution >= 0.6 is 24.2 Å². The van der Waals surface area contributed by atoms with Gasteiger partial charge in [-0.05, 0) is 32.9 Å². The lowest BCUT2D eigenvalue weighted by molar-refractivity contribution is -0.120. The highest BCUT2D eigenvalue weighted by atomic mass is 32.3. The standard InChI is InChI=1S/C14H20N2O3S3/c1-5-15(6-2)14(20)21-16(12(4)17)22(18,19)13-9-7-11(3)8-10-13/h7-10H,5-6H2,1-4H3. The van der Waals surface area contributed by atoms with Crippen molar-refractivity contribution in [2.75, 3.05) is 13.1 Å². The van der Waals surface area contributed by atoms with Crippen molar-refractivity contribution in [3.05, 3.63) is 29.8 Å². The average Bonchev–Trinajstić information content (AvgIpc) is 2.46. The van der Waals surface area contributed by atoms with Gasteiger partial charge >= 0.3 is 0 Å². The van der Waals surface area contributed by atoms with Crippen LogP contribution in [-0.4, -0.2) is 40.3 Å². The Labute approximate surface area is 141 Å². The minimum atomic E-state index is -3.93. The lowest BCUT2D eigenvalue weighted by Crippen LogP contribution is -2.35. The molecule has 0 N–H and O–H groups in total. The van der Waals surface area contributed by atoms with E-state index in [9.17, 15) is 13.2 Å². The molecule has 22 heavy (non-hydrogen) atoms. The fourth-order valence-electron chi connectivity index (χ4n) is 1.70. The highest BCUT2D eigenvalue weighted by Crippen LogP contribution is 2.26. The summed E-state index contributed by atoms with van der Waals surface area (Å²) in [4.78, 5) is 13.7. The summed E-state index contributed by atoms with van der Waals surface area (Å²) >= 11 is 6.01. The van der Waals surface area contributed by atoms with Crippen LogP contribution in [0, 0.1) is 6.92 Å². The molecule has 0 heterocycles. The van der Waals surface area contributed by atoms with Gasteiger partial charge in [0.1, 0.15) is 0 Å². The summed E-state index contributed by atoms with van der Waals surface area (Å²) in [6, 6.07) is 6.36. The monoisotopic (exact) mass is 360 g/mol. The topological polar surface area (TPSA) is 57.7 Å². The molecule has 0 radical (unpaired) electrons. The zero-order valence-corrected chi connectivity index (χ0v) is 15.5. The summed E-state index contributed by atoms with van der Waals surface area (Å²) in [5, 5.41) is 0. The van der Waals surface area contributed by atoms with Gasteiger partial charge in [-0.1, -0.05) is 29.9 Å². The van der Waals surface area contributed by atoms with Gasteiger partial charge in [-0.25, -0.2) is 8.42 Å². The van der Waals surface area contributed by atoms with Gasteiger partial charge in [-0.3, -0.25) is 4.79 Å². The van der Waals surface area contributed by atoms with Crippen molar-refractivity contribution in [2.45, 2.75) is 32.6 Å². The van der Waals surface area contributed by atoms with E-state index in [-0.39, 0.29) is 4.90 Å². The highest BCUT2D eigenvalue weighted by molar-refractivity contribution is 8.26. The van der Waals surface area contributed by atoms with Crippen molar-refractivity contribution in [1.29, 1.82) is 0 Å². The van der Waals surface area contributed by atoms with E-state index in [4.69, 9.17) is 12.2 Å². The zero-order valence-electron chi connectivity index (χ0n) is 13.1. The Morgan fingerprint density at radius 1 is 1.18 bits per heavy atom. The smallest absolute Gasteiger partial charge is 0.276 e. The first-order chi connectivity index (χ1) is 10.2. The summed E-state index contributed by atoms with van der Waals surface area (Å²) in [7, 11) is -3.93. The maximum Gasteiger partial charge on any atom is 0.276 e. The molecule has 0 aliphatic heterocycles. The summed E-state index contributed by atoms with van der Waals surface area (Å²) in [6.07, 6.45) is 0. The fourth-order valence-corrected chi connectivity index (χ4v) is 4.84. The van der Waals surface area contributed by atoms with Crippen LogP contribution in [0.15, 0.2) is 29.2 Å². The van der Waals surface area contributed by atoms with E-state index in [0.29, 0.717) is 17.4 Å². The SMILES string of the molecule is CCN(CC)C(=S)SN(C(C)=O)S(=O)(=O)c1ccc(C)cc1. The van der Waals surface area contributed by atoms with Gasteiger partial charge < -0.3 is 4.90 Å². The normalized spacial score (nSPS) is 11.1. The van der Waals surface area contributed by atoms with E-state index < -0.39 is 15.9 Å². The summed E-state index contributed by atoms with van der Waals surface area (Å²) in [6.45, 7) is 8.22. The molecular formula is C14H20N2O3S3. The fraction of sp³-hybridized carbons (Fsp3) is 0.429. The molecule has 0 fully saturated rings. The maximum atomic E-state index is 12.6. The van der Waals surface area contributed by atoms with Crippen LogP contribution in [0.2, 0.25) is 0 Å². The van der Waals surface area contributed by atoms with Crippen LogP contribution in [0.3, 0.4) is 0 Å². The number of benzene rings is 1. The number of aryl methyl sites for hydroxylation is 1. The Kier molecular flexibility index (Phi) is 6.83. The minimum absolute atomic E-state index is 0.0724. The maximum absolute atomic E-state index is 12.6. The van der Waals surface area contributed by atoms with Gasteiger partial charge in [0.15, 0.2) is 4.32 Å². The van der Waals surface area contributed by atoms with Crippen LogP contribution < -0.4 is 0 Å². The number of thiocarbonyl (C=S) groups is 1. The van der Waals surface area contributed by atoms with Crippen molar-refractivity contribution in [1.82, 2.24) is 8.61 Å². The van der Waals surface area contributed by atoms with Crippen molar-refractivity contribution >= 4 is 44.4 Å². The van der Waals surface area contributed by atoms with Crippen LogP contribution in [0.25, 0.3) is 0 Å². The Balaban J connectivity index is 3.12. The zero-order chi connectivity index (χ0) is 16.9. The van der Waals surface area contributed by atoms with Gasteiger partial charge in [-0.2, -0.15) is 3.71 Å². The Hall–Kier alpha value is -1.12. The Bertz CT molecular complexity index is 638. The van der Waals surface area contributed by atoms with E-state index in [1.807, 2.05) is 25.7 Å². The van der Waals surface area contributed by atoms with Gasteiger partial charge in [-0.15, -0.1) is 0 Å². The molecule has 0 saturated heterocycles. The number of hydrogen-bond donors (Lipinski definition) is 0. The summed E-state index contributed by atoms with van der Waals surface area (Å²) < 4.78 is 26.4. The molecule has 0 unspecified atom stereocenters. The van der Waals surface area contributed by atoms with Crippen molar-refractivity contribution in [2.24, 2.45) is 0 Å². The van der Waals surface area contributed by atoms with Gasteiger partial charge in [0.2, 0.25) is 5.91 Å². The third kappa shape index (κ3) is 4.44. The molecule has 0 aliphatic rings. The molecule has 8 heteroatoms. The van der Waals surface area contributed by atoms with Crippen molar-refractivity contribution in [3.63, 3.8) is 0 Å². The van der Waals surface area contributed by atoms with Gasteiger partial charge in [0.05, 0.1) is 4.90 Å². The van der Waals surface area contributed by atoms with Crippen LogP contribution in [0.4, 0.5) is 0 Å². The minimum Gasteiger partial charge on any atom is -0.357 e. The number of nitrogens with zero attached hydrogens (tertiary/aromatic N) is 2. The molecule has 0 aliphatic carbocycles. The second-order valence-corrected chi connectivity index (χ2v) is 8.19. The first kappa shape index (κ1) is 18.9. The number of rotatable bonds is 4. The molecule has 0 atom stereocenters. The number of sulfonamides is 1. The van der Waals surface area contributed by atoms with Crippen LogP contribution in [0.1, 0.15) is 26.3 Å². The molecule has 0 aromatic heterocycles. The third-order valence-electron chi connectivity index (χ3n) is 2.98. The van der Waals surface area contributed by atoms with Crippen LogP contribution in [0.5, 0.6) is 0 Å². The Morgan fingerprint density at radius 2 is 1.68 bits per heavy atom. The molecule has 122 valence electrons.